The third-order valence-electron chi connectivity index (χ3n) is 2.83. The number of rotatable bonds is 4. The third kappa shape index (κ3) is 3.56. The molecule has 0 amide bonds. The molecule has 2 rings (SSSR count). The van der Waals surface area contributed by atoms with Gasteiger partial charge in [-0.15, -0.1) is 11.3 Å². The van der Waals surface area contributed by atoms with E-state index >= 15 is 0 Å². The van der Waals surface area contributed by atoms with Crippen molar-refractivity contribution in [3.05, 3.63) is 10.0 Å². The second-order valence-electron chi connectivity index (χ2n) is 4.14. The number of ether oxygens (including phenoxy) is 2. The molecule has 1 atom stereocenters. The Balaban J connectivity index is 2.05. The molecule has 1 fully saturated rings. The average molecular weight is 306 g/mol. The Morgan fingerprint density at radius 1 is 1.63 bits per heavy atom. The highest BCUT2D eigenvalue weighted by Gasteiger charge is 2.21. The van der Waals surface area contributed by atoms with E-state index in [4.69, 9.17) is 22.1 Å². The third-order valence-corrected chi connectivity index (χ3v) is 4.39. The number of hydrogen-bond donors (Lipinski definition) is 1. The van der Waals surface area contributed by atoms with Crippen molar-refractivity contribution >= 4 is 34.0 Å². The summed E-state index contributed by atoms with van der Waals surface area (Å²) in [6.45, 7) is 2.97. The van der Waals surface area contributed by atoms with Gasteiger partial charge in [-0.05, 0) is 0 Å². The Morgan fingerprint density at radius 2 is 2.32 bits per heavy atom. The number of aromatic nitrogens is 1. The van der Waals surface area contributed by atoms with E-state index in [1.54, 1.807) is 0 Å². The summed E-state index contributed by atoms with van der Waals surface area (Å²) in [7, 11) is 1.32. The molecule has 0 aromatic carbocycles. The van der Waals surface area contributed by atoms with Crippen molar-refractivity contribution in [3.8, 4) is 0 Å². The van der Waals surface area contributed by atoms with Crippen LogP contribution in [0.4, 0.5) is 5.13 Å². The van der Waals surface area contributed by atoms with E-state index in [1.165, 1.54) is 18.4 Å². The fourth-order valence-corrected chi connectivity index (χ4v) is 3.16. The SMILES string of the molecule is COC(=O)C(N)Cc1sc(N2CCOCC2)nc1Cl. The lowest BCUT2D eigenvalue weighted by molar-refractivity contribution is -0.142. The number of carbonyl (C=O) groups excluding carboxylic acids is 1. The fourth-order valence-electron chi connectivity index (χ4n) is 1.77. The summed E-state index contributed by atoms with van der Waals surface area (Å²) in [5.41, 5.74) is 5.73. The van der Waals surface area contributed by atoms with Crippen molar-refractivity contribution in [2.45, 2.75) is 12.5 Å². The molecule has 2 heterocycles. The monoisotopic (exact) mass is 305 g/mol. The van der Waals surface area contributed by atoms with Gasteiger partial charge < -0.3 is 20.1 Å². The topological polar surface area (TPSA) is 77.7 Å². The Labute approximate surface area is 120 Å². The number of methoxy groups -OCH3 is 1. The second kappa shape index (κ2) is 6.51. The Hall–Kier alpha value is -0.890. The lowest BCUT2D eigenvalue weighted by Gasteiger charge is -2.25. The van der Waals surface area contributed by atoms with E-state index in [2.05, 4.69) is 14.6 Å². The summed E-state index contributed by atoms with van der Waals surface area (Å²) in [4.78, 5) is 18.5. The molecule has 1 aromatic heterocycles. The molecule has 1 unspecified atom stereocenters. The lowest BCUT2D eigenvalue weighted by atomic mass is 10.2. The first kappa shape index (κ1) is 14.5. The number of carbonyl (C=O) groups is 1. The van der Waals surface area contributed by atoms with Crippen LogP contribution in [0.15, 0.2) is 0 Å². The van der Waals surface area contributed by atoms with E-state index in [1.807, 2.05) is 0 Å². The standard InChI is InChI=1S/C11H16ClN3O3S/c1-17-10(16)7(13)6-8-9(12)14-11(19-8)15-2-4-18-5-3-15/h7H,2-6,13H2,1H3. The molecular weight excluding hydrogens is 290 g/mol. The molecule has 6 nitrogen and oxygen atoms in total. The molecule has 1 aromatic rings. The summed E-state index contributed by atoms with van der Waals surface area (Å²) in [6.07, 6.45) is 0.341. The van der Waals surface area contributed by atoms with Crippen molar-refractivity contribution in [2.75, 3.05) is 38.3 Å². The number of morpholine rings is 1. The number of esters is 1. The van der Waals surface area contributed by atoms with Crippen LogP contribution >= 0.6 is 22.9 Å². The van der Waals surface area contributed by atoms with E-state index < -0.39 is 12.0 Å². The summed E-state index contributed by atoms with van der Waals surface area (Å²) in [5.74, 6) is -0.447. The summed E-state index contributed by atoms with van der Waals surface area (Å²) in [5, 5.41) is 1.26. The Morgan fingerprint density at radius 3 is 2.95 bits per heavy atom. The maximum Gasteiger partial charge on any atom is 0.323 e. The normalized spacial score (nSPS) is 17.3. The molecule has 1 saturated heterocycles. The van der Waals surface area contributed by atoms with Crippen LogP contribution in [0.5, 0.6) is 0 Å². The molecule has 1 aliphatic heterocycles. The first-order valence-corrected chi connectivity index (χ1v) is 7.12. The predicted octanol–water partition coefficient (Wildman–Crippen LogP) is 0.676. The lowest BCUT2D eigenvalue weighted by Crippen LogP contribution is -2.36. The first-order chi connectivity index (χ1) is 9.11. The molecule has 0 saturated carbocycles. The van der Waals surface area contributed by atoms with Gasteiger partial charge in [0.2, 0.25) is 0 Å². The summed E-state index contributed by atoms with van der Waals surface area (Å²) >= 11 is 7.55. The number of thiazole rings is 1. The summed E-state index contributed by atoms with van der Waals surface area (Å²) in [6, 6.07) is -0.708. The van der Waals surface area contributed by atoms with Gasteiger partial charge in [0.15, 0.2) is 5.13 Å². The maximum atomic E-state index is 11.3. The molecule has 8 heteroatoms. The number of anilines is 1. The fraction of sp³-hybridized carbons (Fsp3) is 0.636. The van der Waals surface area contributed by atoms with Gasteiger partial charge in [-0.3, -0.25) is 4.79 Å². The van der Waals surface area contributed by atoms with Gasteiger partial charge in [0.1, 0.15) is 11.2 Å². The highest BCUT2D eigenvalue weighted by atomic mass is 35.5. The van der Waals surface area contributed by atoms with Crippen LogP contribution in [0.1, 0.15) is 4.88 Å². The van der Waals surface area contributed by atoms with Crippen LogP contribution in [0.25, 0.3) is 0 Å². The van der Waals surface area contributed by atoms with Crippen LogP contribution in [0.3, 0.4) is 0 Å². The van der Waals surface area contributed by atoms with Gasteiger partial charge in [0.25, 0.3) is 0 Å². The number of hydrogen-bond acceptors (Lipinski definition) is 7. The van der Waals surface area contributed by atoms with Crippen molar-refractivity contribution in [3.63, 3.8) is 0 Å². The van der Waals surface area contributed by atoms with Gasteiger partial charge >= 0.3 is 5.97 Å². The van der Waals surface area contributed by atoms with Crippen LogP contribution in [0, 0.1) is 0 Å². The second-order valence-corrected chi connectivity index (χ2v) is 5.56. The van der Waals surface area contributed by atoms with E-state index in [0.29, 0.717) is 24.8 Å². The zero-order chi connectivity index (χ0) is 13.8. The minimum absolute atomic E-state index is 0.341. The van der Waals surface area contributed by atoms with Gasteiger partial charge in [0.05, 0.1) is 20.3 Å². The highest BCUT2D eigenvalue weighted by Crippen LogP contribution is 2.30. The van der Waals surface area contributed by atoms with Crippen molar-refractivity contribution in [2.24, 2.45) is 5.73 Å². The zero-order valence-corrected chi connectivity index (χ0v) is 12.2. The molecule has 19 heavy (non-hydrogen) atoms. The Kier molecular flexibility index (Phi) is 4.98. The zero-order valence-electron chi connectivity index (χ0n) is 10.6. The first-order valence-electron chi connectivity index (χ1n) is 5.93. The molecule has 106 valence electrons. The smallest absolute Gasteiger partial charge is 0.323 e. The minimum Gasteiger partial charge on any atom is -0.468 e. The van der Waals surface area contributed by atoms with E-state index in [-0.39, 0.29) is 0 Å². The van der Waals surface area contributed by atoms with Crippen LogP contribution in [-0.2, 0) is 20.7 Å². The van der Waals surface area contributed by atoms with E-state index in [9.17, 15) is 4.79 Å². The van der Waals surface area contributed by atoms with Crippen molar-refractivity contribution in [1.82, 2.24) is 4.98 Å². The minimum atomic E-state index is -0.708. The van der Waals surface area contributed by atoms with Crippen LogP contribution < -0.4 is 10.6 Å². The largest absolute Gasteiger partial charge is 0.468 e. The molecule has 1 aliphatic rings. The van der Waals surface area contributed by atoms with Gasteiger partial charge in [-0.25, -0.2) is 4.98 Å². The molecule has 0 bridgehead atoms. The predicted molar refractivity (Wildman–Crippen MR) is 73.9 cm³/mol. The highest BCUT2D eigenvalue weighted by molar-refractivity contribution is 7.16. The van der Waals surface area contributed by atoms with Crippen LogP contribution in [0.2, 0.25) is 5.15 Å². The molecule has 0 radical (unpaired) electrons. The average Bonchev–Trinajstić information content (AvgIpc) is 2.80. The van der Waals surface area contributed by atoms with Crippen LogP contribution in [-0.4, -0.2) is 50.4 Å². The quantitative estimate of drug-likeness (QED) is 0.824. The summed E-state index contributed by atoms with van der Waals surface area (Å²) < 4.78 is 9.89. The molecule has 2 N–H and O–H groups in total. The molecule has 0 spiro atoms. The maximum absolute atomic E-state index is 11.3. The Bertz CT molecular complexity index is 448. The molecule has 0 aliphatic carbocycles. The van der Waals surface area contributed by atoms with Crippen molar-refractivity contribution in [1.29, 1.82) is 0 Å². The molecular formula is C11H16ClN3O3S. The van der Waals surface area contributed by atoms with Gasteiger partial charge in [-0.1, -0.05) is 11.6 Å². The van der Waals surface area contributed by atoms with Crippen molar-refractivity contribution < 1.29 is 14.3 Å². The number of halogens is 1. The number of nitrogens with zero attached hydrogens (tertiary/aromatic N) is 2. The van der Waals surface area contributed by atoms with Gasteiger partial charge in [0, 0.05) is 24.4 Å². The van der Waals surface area contributed by atoms with Gasteiger partial charge in [-0.2, -0.15) is 0 Å². The van der Waals surface area contributed by atoms with E-state index in [0.717, 1.165) is 23.1 Å². The number of nitrogens with two attached hydrogens (primary N) is 1.